The molecule has 0 fully saturated rings. The van der Waals surface area contributed by atoms with Crippen molar-refractivity contribution in [2.75, 3.05) is 10.6 Å². The minimum atomic E-state index is -0.289. The third-order valence-electron chi connectivity index (χ3n) is 4.17. The summed E-state index contributed by atoms with van der Waals surface area (Å²) in [6, 6.07) is 13.7. The van der Waals surface area contributed by atoms with Gasteiger partial charge in [-0.3, -0.25) is 4.79 Å². The molecule has 2 aromatic carbocycles. The second kappa shape index (κ2) is 7.95. The molecule has 0 saturated heterocycles. The van der Waals surface area contributed by atoms with Crippen molar-refractivity contribution >= 4 is 17.5 Å². The number of benzene rings is 2. The van der Waals surface area contributed by atoms with E-state index >= 15 is 0 Å². The summed E-state index contributed by atoms with van der Waals surface area (Å²) in [7, 11) is 0. The number of hydrogen-bond acceptors (Lipinski definition) is 4. The molecule has 0 unspecified atom stereocenters. The molecule has 1 heterocycles. The van der Waals surface area contributed by atoms with Gasteiger partial charge in [0.25, 0.3) is 5.91 Å². The summed E-state index contributed by atoms with van der Waals surface area (Å²) in [6.45, 7) is 6.13. The van der Waals surface area contributed by atoms with Gasteiger partial charge in [0.2, 0.25) is 5.95 Å². The van der Waals surface area contributed by atoms with Crippen LogP contribution in [0.3, 0.4) is 0 Å². The number of carbonyl (C=O) groups excluding carboxylic acids is 1. The highest BCUT2D eigenvalue weighted by atomic mass is 19.1. The average Bonchev–Trinajstić information content (AvgIpc) is 2.64. The average molecular weight is 364 g/mol. The molecule has 0 spiro atoms. The molecule has 2 N–H and O–H groups in total. The first kappa shape index (κ1) is 18.5. The lowest BCUT2D eigenvalue weighted by Crippen LogP contribution is -2.17. The first-order valence-electron chi connectivity index (χ1n) is 8.64. The van der Waals surface area contributed by atoms with Crippen LogP contribution in [0.25, 0.3) is 0 Å². The van der Waals surface area contributed by atoms with E-state index in [0.29, 0.717) is 18.2 Å². The van der Waals surface area contributed by atoms with Gasteiger partial charge in [0.15, 0.2) is 0 Å². The summed E-state index contributed by atoms with van der Waals surface area (Å²) in [5.74, 6) is -0.218. The largest absolute Gasteiger partial charge is 0.350 e. The molecule has 6 heteroatoms. The lowest BCUT2D eigenvalue weighted by atomic mass is 10.1. The fraction of sp³-hybridized carbons (Fsp3) is 0.190. The van der Waals surface area contributed by atoms with Crippen LogP contribution in [0.2, 0.25) is 0 Å². The number of halogens is 1. The molecule has 0 bridgehead atoms. The van der Waals surface area contributed by atoms with Gasteiger partial charge in [-0.25, -0.2) is 14.4 Å². The van der Waals surface area contributed by atoms with Crippen LogP contribution in [-0.4, -0.2) is 15.9 Å². The molecule has 0 atom stereocenters. The molecule has 0 aliphatic heterocycles. The highest BCUT2D eigenvalue weighted by Crippen LogP contribution is 2.20. The highest BCUT2D eigenvalue weighted by Gasteiger charge is 2.13. The van der Waals surface area contributed by atoms with E-state index in [2.05, 4.69) is 20.6 Å². The van der Waals surface area contributed by atoms with Gasteiger partial charge in [-0.05, 0) is 55.7 Å². The minimum Gasteiger partial charge on any atom is -0.350 e. The van der Waals surface area contributed by atoms with Gasteiger partial charge in [-0.1, -0.05) is 30.3 Å². The Morgan fingerprint density at radius 2 is 1.67 bits per heavy atom. The molecule has 0 saturated carbocycles. The second-order valence-corrected chi connectivity index (χ2v) is 6.42. The molecule has 0 aliphatic rings. The van der Waals surface area contributed by atoms with Crippen LogP contribution >= 0.6 is 0 Å². The van der Waals surface area contributed by atoms with Gasteiger partial charge in [0, 0.05) is 17.9 Å². The summed E-state index contributed by atoms with van der Waals surface area (Å²) in [5.41, 5.74) is 4.63. The quantitative estimate of drug-likeness (QED) is 0.704. The topological polar surface area (TPSA) is 66.9 Å². The number of anilines is 2. The van der Waals surface area contributed by atoms with Gasteiger partial charge in [-0.2, -0.15) is 0 Å². The number of amides is 1. The van der Waals surface area contributed by atoms with Crippen molar-refractivity contribution < 1.29 is 9.18 Å². The molecule has 0 aliphatic carbocycles. The fourth-order valence-corrected chi connectivity index (χ4v) is 2.74. The Hall–Kier alpha value is -3.28. The molecular weight excluding hydrogens is 343 g/mol. The molecule has 27 heavy (non-hydrogen) atoms. The smallest absolute Gasteiger partial charge is 0.274 e. The van der Waals surface area contributed by atoms with Gasteiger partial charge < -0.3 is 10.6 Å². The van der Waals surface area contributed by atoms with Crippen molar-refractivity contribution in [3.8, 4) is 0 Å². The molecule has 0 radical (unpaired) electrons. The Morgan fingerprint density at radius 3 is 2.33 bits per heavy atom. The van der Waals surface area contributed by atoms with Crippen LogP contribution < -0.4 is 10.6 Å². The summed E-state index contributed by atoms with van der Waals surface area (Å²) in [4.78, 5) is 21.3. The summed E-state index contributed by atoms with van der Waals surface area (Å²) < 4.78 is 13.0. The zero-order valence-electron chi connectivity index (χ0n) is 15.5. The van der Waals surface area contributed by atoms with Crippen LogP contribution in [-0.2, 0) is 6.54 Å². The predicted octanol–water partition coefficient (Wildman–Crippen LogP) is 4.41. The van der Waals surface area contributed by atoms with E-state index in [1.54, 1.807) is 25.1 Å². The summed E-state index contributed by atoms with van der Waals surface area (Å²) >= 11 is 0. The lowest BCUT2D eigenvalue weighted by Gasteiger charge is -2.12. The molecule has 3 aromatic rings. The number of hydrogen-bond donors (Lipinski definition) is 2. The maximum Gasteiger partial charge on any atom is 0.274 e. The van der Waals surface area contributed by atoms with E-state index in [1.807, 2.05) is 32.0 Å². The molecule has 1 aromatic heterocycles. The van der Waals surface area contributed by atoms with Gasteiger partial charge in [-0.15, -0.1) is 0 Å². The number of aromatic nitrogens is 2. The SMILES string of the molecule is Cc1cc(C(=O)Nc2c(C)cccc2C)nc(NCc2ccc(F)cc2)n1. The third kappa shape index (κ3) is 4.67. The Kier molecular flexibility index (Phi) is 5.45. The summed E-state index contributed by atoms with van der Waals surface area (Å²) in [5, 5.41) is 6.01. The maximum atomic E-state index is 13.0. The number of para-hydroxylation sites is 1. The number of nitrogens with one attached hydrogen (secondary N) is 2. The Labute approximate surface area is 157 Å². The Morgan fingerprint density at radius 1 is 1.00 bits per heavy atom. The monoisotopic (exact) mass is 364 g/mol. The van der Waals surface area contributed by atoms with Gasteiger partial charge >= 0.3 is 0 Å². The van der Waals surface area contributed by atoms with Gasteiger partial charge in [0.1, 0.15) is 11.5 Å². The van der Waals surface area contributed by atoms with E-state index in [-0.39, 0.29) is 17.4 Å². The molecular formula is C21H21FN4O. The Balaban J connectivity index is 1.76. The van der Waals surface area contributed by atoms with Crippen LogP contribution in [0.4, 0.5) is 16.0 Å². The van der Waals surface area contributed by atoms with Gasteiger partial charge in [0.05, 0.1) is 0 Å². The lowest BCUT2D eigenvalue weighted by molar-refractivity contribution is 0.102. The second-order valence-electron chi connectivity index (χ2n) is 6.42. The first-order valence-corrected chi connectivity index (χ1v) is 8.64. The van der Waals surface area contributed by atoms with Crippen molar-refractivity contribution in [1.82, 2.24) is 9.97 Å². The number of carbonyl (C=O) groups is 1. The minimum absolute atomic E-state index is 0.281. The number of nitrogens with zero attached hydrogens (tertiary/aromatic N) is 2. The van der Waals surface area contributed by atoms with Crippen molar-refractivity contribution in [2.45, 2.75) is 27.3 Å². The molecule has 5 nitrogen and oxygen atoms in total. The van der Waals surface area contributed by atoms with Crippen molar-refractivity contribution in [3.63, 3.8) is 0 Å². The van der Waals surface area contributed by atoms with Crippen LogP contribution in [0, 0.1) is 26.6 Å². The van der Waals surface area contributed by atoms with Crippen LogP contribution in [0.15, 0.2) is 48.5 Å². The molecule has 138 valence electrons. The zero-order chi connectivity index (χ0) is 19.4. The van der Waals surface area contributed by atoms with Crippen molar-refractivity contribution in [3.05, 3.63) is 82.4 Å². The molecule has 3 rings (SSSR count). The zero-order valence-corrected chi connectivity index (χ0v) is 15.5. The number of aryl methyl sites for hydroxylation is 3. The maximum absolute atomic E-state index is 13.0. The standard InChI is InChI=1S/C21H21FN4O/c1-13-5-4-6-14(2)19(13)26-20(27)18-11-15(3)24-21(25-18)23-12-16-7-9-17(22)10-8-16/h4-11H,12H2,1-3H3,(H,26,27)(H,23,24,25). The third-order valence-corrected chi connectivity index (χ3v) is 4.17. The highest BCUT2D eigenvalue weighted by molar-refractivity contribution is 6.03. The summed E-state index contributed by atoms with van der Waals surface area (Å²) in [6.07, 6.45) is 0. The van der Waals surface area contributed by atoms with E-state index in [9.17, 15) is 9.18 Å². The van der Waals surface area contributed by atoms with Crippen molar-refractivity contribution in [1.29, 1.82) is 0 Å². The predicted molar refractivity (Wildman–Crippen MR) is 104 cm³/mol. The van der Waals surface area contributed by atoms with Crippen LogP contribution in [0.5, 0.6) is 0 Å². The van der Waals surface area contributed by atoms with E-state index in [1.165, 1.54) is 12.1 Å². The normalized spacial score (nSPS) is 10.5. The van der Waals surface area contributed by atoms with E-state index < -0.39 is 0 Å². The molecule has 1 amide bonds. The number of rotatable bonds is 5. The first-order chi connectivity index (χ1) is 12.9. The van der Waals surface area contributed by atoms with Crippen LogP contribution in [0.1, 0.15) is 32.9 Å². The fourth-order valence-electron chi connectivity index (χ4n) is 2.74. The Bertz CT molecular complexity index is 950. The van der Waals surface area contributed by atoms with Crippen molar-refractivity contribution in [2.24, 2.45) is 0 Å². The van der Waals surface area contributed by atoms with E-state index in [0.717, 1.165) is 22.4 Å². The van der Waals surface area contributed by atoms with E-state index in [4.69, 9.17) is 0 Å².